The van der Waals surface area contributed by atoms with Gasteiger partial charge in [-0.2, -0.15) is 0 Å². The molecule has 0 aliphatic carbocycles. The first-order valence-corrected chi connectivity index (χ1v) is 4.53. The molecule has 0 heterocycles. The highest BCUT2D eigenvalue weighted by Gasteiger charge is 2.03. The van der Waals surface area contributed by atoms with Gasteiger partial charge in [-0.25, -0.2) is 0 Å². The Bertz CT molecular complexity index is 134. The number of hydrogen-bond acceptors (Lipinski definition) is 4. The minimum absolute atomic E-state index is 0.0701. The summed E-state index contributed by atoms with van der Waals surface area (Å²) in [6.45, 7) is 3.59. The molecular formula is C7H12O3S. The molecule has 0 radical (unpaired) electrons. The SMILES string of the molecule is CC(C)OC(=O)CSCC=O. The first-order chi connectivity index (χ1) is 5.16. The van der Waals surface area contributed by atoms with Crippen molar-refractivity contribution < 1.29 is 14.3 Å². The first kappa shape index (κ1) is 10.5. The summed E-state index contributed by atoms with van der Waals surface area (Å²) >= 11 is 1.26. The van der Waals surface area contributed by atoms with Gasteiger partial charge in [-0.15, -0.1) is 11.8 Å². The van der Waals surface area contributed by atoms with Crippen molar-refractivity contribution in [3.8, 4) is 0 Å². The number of esters is 1. The van der Waals surface area contributed by atoms with Crippen molar-refractivity contribution in [3.05, 3.63) is 0 Å². The van der Waals surface area contributed by atoms with Crippen molar-refractivity contribution in [2.45, 2.75) is 20.0 Å². The van der Waals surface area contributed by atoms with Crippen LogP contribution in [0, 0.1) is 0 Å². The highest BCUT2D eigenvalue weighted by Crippen LogP contribution is 1.99. The Hall–Kier alpha value is -0.510. The zero-order valence-electron chi connectivity index (χ0n) is 6.70. The van der Waals surface area contributed by atoms with Crippen LogP contribution in [-0.2, 0) is 14.3 Å². The van der Waals surface area contributed by atoms with E-state index < -0.39 is 0 Å². The highest BCUT2D eigenvalue weighted by molar-refractivity contribution is 8.00. The molecule has 0 aliphatic rings. The van der Waals surface area contributed by atoms with Crippen molar-refractivity contribution in [1.82, 2.24) is 0 Å². The summed E-state index contributed by atoms with van der Waals surface area (Å²) in [5.74, 6) is 0.358. The van der Waals surface area contributed by atoms with Crippen LogP contribution in [-0.4, -0.2) is 29.9 Å². The number of carbonyl (C=O) groups is 2. The fourth-order valence-corrected chi connectivity index (χ4v) is 0.936. The fraction of sp³-hybridized carbons (Fsp3) is 0.714. The Morgan fingerprint density at radius 1 is 1.64 bits per heavy atom. The lowest BCUT2D eigenvalue weighted by Gasteiger charge is -2.05. The van der Waals surface area contributed by atoms with Gasteiger partial charge in [-0.05, 0) is 13.8 Å². The number of hydrogen-bond donors (Lipinski definition) is 0. The monoisotopic (exact) mass is 176 g/mol. The van der Waals surface area contributed by atoms with Crippen LogP contribution in [0.3, 0.4) is 0 Å². The van der Waals surface area contributed by atoms with Crippen LogP contribution in [0.2, 0.25) is 0 Å². The van der Waals surface area contributed by atoms with E-state index in [-0.39, 0.29) is 17.8 Å². The zero-order chi connectivity index (χ0) is 8.69. The molecule has 0 amide bonds. The second-order valence-corrected chi connectivity index (χ2v) is 3.25. The van der Waals surface area contributed by atoms with E-state index >= 15 is 0 Å². The number of ether oxygens (including phenoxy) is 1. The number of carbonyl (C=O) groups excluding carboxylic acids is 2. The summed E-state index contributed by atoms with van der Waals surface area (Å²) in [7, 11) is 0. The lowest BCUT2D eigenvalue weighted by molar-refractivity contribution is -0.144. The predicted octanol–water partition coefficient (Wildman–Crippen LogP) is 0.870. The molecule has 0 unspecified atom stereocenters. The van der Waals surface area contributed by atoms with Crippen molar-refractivity contribution in [2.75, 3.05) is 11.5 Å². The second-order valence-electron chi connectivity index (χ2n) is 2.22. The van der Waals surface area contributed by atoms with Crippen LogP contribution in [0.15, 0.2) is 0 Å². The van der Waals surface area contributed by atoms with Gasteiger partial charge in [0.05, 0.1) is 11.9 Å². The van der Waals surface area contributed by atoms with Crippen molar-refractivity contribution >= 4 is 24.0 Å². The molecular weight excluding hydrogens is 164 g/mol. The smallest absolute Gasteiger partial charge is 0.316 e. The normalized spacial score (nSPS) is 9.73. The minimum Gasteiger partial charge on any atom is -0.462 e. The van der Waals surface area contributed by atoms with E-state index in [1.807, 2.05) is 0 Å². The van der Waals surface area contributed by atoms with E-state index in [1.165, 1.54) is 11.8 Å². The standard InChI is InChI=1S/C7H12O3S/c1-6(2)10-7(9)5-11-4-3-8/h3,6H,4-5H2,1-2H3. The van der Waals surface area contributed by atoms with Crippen molar-refractivity contribution in [2.24, 2.45) is 0 Å². The third kappa shape index (κ3) is 7.39. The van der Waals surface area contributed by atoms with Gasteiger partial charge in [-0.3, -0.25) is 4.79 Å². The number of aldehydes is 1. The summed E-state index contributed by atoms with van der Waals surface area (Å²) in [5, 5.41) is 0. The Morgan fingerprint density at radius 3 is 2.73 bits per heavy atom. The van der Waals surface area contributed by atoms with Gasteiger partial charge in [0.15, 0.2) is 0 Å². The van der Waals surface area contributed by atoms with Gasteiger partial charge in [-0.1, -0.05) is 0 Å². The lowest BCUT2D eigenvalue weighted by atomic mass is 10.5. The van der Waals surface area contributed by atoms with Gasteiger partial charge in [0.25, 0.3) is 0 Å². The average Bonchev–Trinajstić information content (AvgIpc) is 1.86. The molecule has 3 nitrogen and oxygen atoms in total. The Kier molecular flexibility index (Phi) is 5.93. The Balaban J connectivity index is 3.30. The number of thioether (sulfide) groups is 1. The molecule has 0 aromatic heterocycles. The summed E-state index contributed by atoms with van der Waals surface area (Å²) in [6, 6.07) is 0. The molecule has 11 heavy (non-hydrogen) atoms. The molecule has 0 fully saturated rings. The Labute approximate surface area is 70.5 Å². The summed E-state index contributed by atoms with van der Waals surface area (Å²) in [5.41, 5.74) is 0. The van der Waals surface area contributed by atoms with Gasteiger partial charge in [0.2, 0.25) is 0 Å². The third-order valence-electron chi connectivity index (χ3n) is 0.773. The highest BCUT2D eigenvalue weighted by atomic mass is 32.2. The zero-order valence-corrected chi connectivity index (χ0v) is 7.52. The molecule has 0 rings (SSSR count). The first-order valence-electron chi connectivity index (χ1n) is 3.37. The molecule has 0 bridgehead atoms. The molecule has 0 aromatic carbocycles. The molecule has 4 heteroatoms. The fourth-order valence-electron chi connectivity index (χ4n) is 0.487. The van der Waals surface area contributed by atoms with Gasteiger partial charge in [0.1, 0.15) is 6.29 Å². The maximum Gasteiger partial charge on any atom is 0.316 e. The van der Waals surface area contributed by atoms with Gasteiger partial charge < -0.3 is 9.53 Å². The second kappa shape index (κ2) is 6.22. The van der Waals surface area contributed by atoms with Crippen LogP contribution in [0.4, 0.5) is 0 Å². The maximum absolute atomic E-state index is 10.8. The number of rotatable bonds is 5. The van der Waals surface area contributed by atoms with Gasteiger partial charge in [0, 0.05) is 5.75 Å². The minimum atomic E-state index is -0.258. The topological polar surface area (TPSA) is 43.4 Å². The molecule has 0 saturated heterocycles. The van der Waals surface area contributed by atoms with E-state index in [9.17, 15) is 9.59 Å². The summed E-state index contributed by atoms with van der Waals surface area (Å²) in [6.07, 6.45) is 0.701. The summed E-state index contributed by atoms with van der Waals surface area (Å²) < 4.78 is 4.82. The van der Waals surface area contributed by atoms with E-state index in [2.05, 4.69) is 0 Å². The van der Waals surface area contributed by atoms with Crippen LogP contribution in [0.5, 0.6) is 0 Å². The molecule has 0 atom stereocenters. The quantitative estimate of drug-likeness (QED) is 0.354. The van der Waals surface area contributed by atoms with Crippen LogP contribution in [0.25, 0.3) is 0 Å². The molecule has 0 N–H and O–H groups in total. The predicted molar refractivity (Wildman–Crippen MR) is 44.6 cm³/mol. The van der Waals surface area contributed by atoms with E-state index in [0.717, 1.165) is 6.29 Å². The van der Waals surface area contributed by atoms with Crippen LogP contribution >= 0.6 is 11.8 Å². The molecule has 0 aliphatic heterocycles. The van der Waals surface area contributed by atoms with Crippen molar-refractivity contribution in [3.63, 3.8) is 0 Å². The molecule has 0 saturated carbocycles. The third-order valence-corrected chi connectivity index (χ3v) is 1.58. The van der Waals surface area contributed by atoms with Crippen molar-refractivity contribution in [1.29, 1.82) is 0 Å². The molecule has 0 spiro atoms. The summed E-state index contributed by atoms with van der Waals surface area (Å²) in [4.78, 5) is 20.6. The van der Waals surface area contributed by atoms with E-state index in [0.29, 0.717) is 5.75 Å². The maximum atomic E-state index is 10.8. The Morgan fingerprint density at radius 2 is 2.27 bits per heavy atom. The lowest BCUT2D eigenvalue weighted by Crippen LogP contribution is -2.13. The van der Waals surface area contributed by atoms with E-state index in [4.69, 9.17) is 4.74 Å². The largest absolute Gasteiger partial charge is 0.462 e. The average molecular weight is 176 g/mol. The van der Waals surface area contributed by atoms with Gasteiger partial charge >= 0.3 is 5.97 Å². The van der Waals surface area contributed by atoms with E-state index in [1.54, 1.807) is 13.8 Å². The van der Waals surface area contributed by atoms with Crippen LogP contribution < -0.4 is 0 Å². The molecule has 64 valence electrons. The molecule has 0 aromatic rings. The van der Waals surface area contributed by atoms with Crippen LogP contribution in [0.1, 0.15) is 13.8 Å².